The van der Waals surface area contributed by atoms with Gasteiger partial charge in [0.25, 0.3) is 5.91 Å². The molecule has 0 saturated carbocycles. The summed E-state index contributed by atoms with van der Waals surface area (Å²) in [4.78, 5) is 22.9. The van der Waals surface area contributed by atoms with Crippen molar-refractivity contribution in [2.24, 2.45) is 0 Å². The van der Waals surface area contributed by atoms with E-state index in [1.807, 2.05) is 6.07 Å². The van der Waals surface area contributed by atoms with Gasteiger partial charge >= 0.3 is 5.97 Å². The van der Waals surface area contributed by atoms with Crippen LogP contribution in [-0.4, -0.2) is 17.0 Å². The first-order chi connectivity index (χ1) is 9.97. The molecule has 2 N–H and O–H groups in total. The maximum atomic E-state index is 12.1. The van der Waals surface area contributed by atoms with Crippen molar-refractivity contribution in [3.8, 4) is 0 Å². The number of nitrogens with one attached hydrogen (secondary N) is 1. The molecule has 0 heterocycles. The van der Waals surface area contributed by atoms with E-state index in [4.69, 9.17) is 5.11 Å². The minimum atomic E-state index is -0.969. The number of carbonyl (C=O) groups excluding carboxylic acids is 1. The molecule has 0 atom stereocenters. The minimum absolute atomic E-state index is 0.203. The number of carboxylic acid groups (broad SMARTS) is 1. The Bertz CT molecular complexity index is 684. The minimum Gasteiger partial charge on any atom is -0.478 e. The summed E-state index contributed by atoms with van der Waals surface area (Å²) >= 11 is 6.66. The van der Waals surface area contributed by atoms with Crippen LogP contribution >= 0.6 is 31.9 Å². The summed E-state index contributed by atoms with van der Waals surface area (Å²) in [6.45, 7) is 0.331. The second-order valence-corrected chi connectivity index (χ2v) is 6.08. The van der Waals surface area contributed by atoms with Gasteiger partial charge in [0.1, 0.15) is 0 Å². The standard InChI is InChI=1S/C15H11Br2NO3/c16-11-5-6-13(17)12(7-11)14(19)18-8-9-1-3-10(4-2-9)15(20)21/h1-7H,8H2,(H,18,19)(H,20,21). The van der Waals surface area contributed by atoms with Gasteiger partial charge in [0.2, 0.25) is 0 Å². The highest BCUT2D eigenvalue weighted by atomic mass is 79.9. The fourth-order valence-electron chi connectivity index (χ4n) is 1.71. The average molecular weight is 413 g/mol. The van der Waals surface area contributed by atoms with Gasteiger partial charge in [0.15, 0.2) is 0 Å². The highest BCUT2D eigenvalue weighted by Crippen LogP contribution is 2.21. The smallest absolute Gasteiger partial charge is 0.335 e. The number of carboxylic acids is 1. The molecule has 6 heteroatoms. The number of halogens is 2. The van der Waals surface area contributed by atoms with Crippen LogP contribution in [0.1, 0.15) is 26.3 Å². The van der Waals surface area contributed by atoms with Crippen LogP contribution in [0, 0.1) is 0 Å². The molecule has 0 fully saturated rings. The zero-order valence-electron chi connectivity index (χ0n) is 10.8. The van der Waals surface area contributed by atoms with Gasteiger partial charge in [-0.2, -0.15) is 0 Å². The number of aromatic carboxylic acids is 1. The fraction of sp³-hybridized carbons (Fsp3) is 0.0667. The van der Waals surface area contributed by atoms with Crippen molar-refractivity contribution < 1.29 is 14.7 Å². The van der Waals surface area contributed by atoms with E-state index in [-0.39, 0.29) is 11.5 Å². The van der Waals surface area contributed by atoms with Crippen molar-refractivity contribution in [1.29, 1.82) is 0 Å². The highest BCUT2D eigenvalue weighted by Gasteiger charge is 2.10. The lowest BCUT2D eigenvalue weighted by Crippen LogP contribution is -2.23. The Morgan fingerprint density at radius 3 is 2.33 bits per heavy atom. The normalized spacial score (nSPS) is 10.2. The van der Waals surface area contributed by atoms with Gasteiger partial charge in [-0.3, -0.25) is 4.79 Å². The topological polar surface area (TPSA) is 66.4 Å². The molecule has 0 aliphatic carbocycles. The third-order valence-electron chi connectivity index (χ3n) is 2.83. The summed E-state index contributed by atoms with van der Waals surface area (Å²) in [6, 6.07) is 11.7. The summed E-state index contributed by atoms with van der Waals surface area (Å²) in [7, 11) is 0. The second kappa shape index (κ2) is 6.87. The number of hydrogen-bond acceptors (Lipinski definition) is 2. The molecule has 0 aliphatic rings. The first-order valence-corrected chi connectivity index (χ1v) is 7.61. The van der Waals surface area contributed by atoms with Crippen LogP contribution in [0.3, 0.4) is 0 Å². The lowest BCUT2D eigenvalue weighted by atomic mass is 10.1. The Kier molecular flexibility index (Phi) is 5.14. The Hall–Kier alpha value is -1.66. The van der Waals surface area contributed by atoms with E-state index in [9.17, 15) is 9.59 Å². The highest BCUT2D eigenvalue weighted by molar-refractivity contribution is 9.11. The van der Waals surface area contributed by atoms with Gasteiger partial charge in [-0.1, -0.05) is 28.1 Å². The van der Waals surface area contributed by atoms with Crippen LogP contribution in [0.15, 0.2) is 51.4 Å². The molecule has 0 aromatic heterocycles. The molecule has 0 spiro atoms. The molecule has 0 saturated heterocycles. The lowest BCUT2D eigenvalue weighted by molar-refractivity contribution is 0.0696. The first kappa shape index (κ1) is 15.7. The predicted octanol–water partition coefficient (Wildman–Crippen LogP) is 3.84. The summed E-state index contributed by atoms with van der Waals surface area (Å²) in [5, 5.41) is 11.6. The first-order valence-electron chi connectivity index (χ1n) is 6.03. The Morgan fingerprint density at radius 1 is 1.05 bits per heavy atom. The number of carbonyl (C=O) groups is 2. The molecule has 2 rings (SSSR count). The number of amides is 1. The molecule has 108 valence electrons. The summed E-state index contributed by atoms with van der Waals surface area (Å²) in [5.41, 5.74) is 1.59. The van der Waals surface area contributed by atoms with Crippen molar-refractivity contribution in [1.82, 2.24) is 5.32 Å². The van der Waals surface area contributed by atoms with Crippen molar-refractivity contribution >= 4 is 43.7 Å². The zero-order chi connectivity index (χ0) is 15.4. The van der Waals surface area contributed by atoms with Crippen LogP contribution in [0.2, 0.25) is 0 Å². The molecule has 1 amide bonds. The van der Waals surface area contributed by atoms with E-state index in [0.29, 0.717) is 16.6 Å². The molecule has 2 aromatic carbocycles. The molecule has 0 aliphatic heterocycles. The van der Waals surface area contributed by atoms with E-state index in [1.165, 1.54) is 12.1 Å². The van der Waals surface area contributed by atoms with Gasteiger partial charge in [0, 0.05) is 15.5 Å². The Labute approximate surface area is 138 Å². The van der Waals surface area contributed by atoms with Crippen molar-refractivity contribution in [2.45, 2.75) is 6.54 Å². The molecule has 0 unspecified atom stereocenters. The zero-order valence-corrected chi connectivity index (χ0v) is 13.9. The predicted molar refractivity (Wildman–Crippen MR) is 86.4 cm³/mol. The lowest BCUT2D eigenvalue weighted by Gasteiger charge is -2.08. The van der Waals surface area contributed by atoms with Crippen LogP contribution in [-0.2, 0) is 6.54 Å². The van der Waals surface area contributed by atoms with Crippen molar-refractivity contribution in [3.63, 3.8) is 0 Å². The second-order valence-electron chi connectivity index (χ2n) is 4.31. The van der Waals surface area contributed by atoms with E-state index in [2.05, 4.69) is 37.2 Å². The Morgan fingerprint density at radius 2 is 1.71 bits per heavy atom. The van der Waals surface area contributed by atoms with Crippen molar-refractivity contribution in [2.75, 3.05) is 0 Å². The van der Waals surface area contributed by atoms with Crippen molar-refractivity contribution in [3.05, 3.63) is 68.1 Å². The van der Waals surface area contributed by atoms with Crippen LogP contribution in [0.25, 0.3) is 0 Å². The monoisotopic (exact) mass is 411 g/mol. The molecular formula is C15H11Br2NO3. The van der Waals surface area contributed by atoms with Gasteiger partial charge in [-0.05, 0) is 51.8 Å². The summed E-state index contributed by atoms with van der Waals surface area (Å²) in [6.07, 6.45) is 0. The molecule has 2 aromatic rings. The maximum Gasteiger partial charge on any atom is 0.335 e. The van der Waals surface area contributed by atoms with Gasteiger partial charge in [0.05, 0.1) is 11.1 Å². The number of benzene rings is 2. The molecular weight excluding hydrogens is 402 g/mol. The van der Waals surface area contributed by atoms with E-state index in [0.717, 1.165) is 10.0 Å². The van der Waals surface area contributed by atoms with Gasteiger partial charge < -0.3 is 10.4 Å². The van der Waals surface area contributed by atoms with E-state index >= 15 is 0 Å². The third kappa shape index (κ3) is 4.15. The largest absolute Gasteiger partial charge is 0.478 e. The third-order valence-corrected chi connectivity index (χ3v) is 4.01. The van der Waals surface area contributed by atoms with Crippen LogP contribution < -0.4 is 5.32 Å². The number of rotatable bonds is 4. The fourth-order valence-corrected chi connectivity index (χ4v) is 2.50. The molecule has 0 radical (unpaired) electrons. The Balaban J connectivity index is 2.04. The summed E-state index contributed by atoms with van der Waals surface area (Å²) in [5.74, 6) is -1.17. The molecule has 4 nitrogen and oxygen atoms in total. The number of hydrogen-bond donors (Lipinski definition) is 2. The summed E-state index contributed by atoms with van der Waals surface area (Å²) < 4.78 is 1.53. The van der Waals surface area contributed by atoms with Crippen LogP contribution in [0.4, 0.5) is 0 Å². The SMILES string of the molecule is O=C(O)c1ccc(CNC(=O)c2cc(Br)ccc2Br)cc1. The maximum absolute atomic E-state index is 12.1. The molecule has 21 heavy (non-hydrogen) atoms. The van der Waals surface area contributed by atoms with E-state index < -0.39 is 5.97 Å². The average Bonchev–Trinajstić information content (AvgIpc) is 2.47. The van der Waals surface area contributed by atoms with Gasteiger partial charge in [-0.15, -0.1) is 0 Å². The van der Waals surface area contributed by atoms with Crippen LogP contribution in [0.5, 0.6) is 0 Å². The quantitative estimate of drug-likeness (QED) is 0.801. The van der Waals surface area contributed by atoms with Gasteiger partial charge in [-0.25, -0.2) is 4.79 Å². The van der Waals surface area contributed by atoms with E-state index in [1.54, 1.807) is 24.3 Å². The molecule has 0 bridgehead atoms.